The zero-order chi connectivity index (χ0) is 27.7. The molecule has 0 radical (unpaired) electrons. The second kappa shape index (κ2) is 13.6. The monoisotopic (exact) mass is 599 g/mol. The fourth-order valence-corrected chi connectivity index (χ4v) is 5.25. The molecule has 0 saturated carbocycles. The normalized spacial score (nSPS) is 12.8. The predicted octanol–water partition coefficient (Wildman–Crippen LogP) is 4.77. The maximum absolute atomic E-state index is 14.0. The van der Waals surface area contributed by atoms with Crippen molar-refractivity contribution < 1.29 is 18.0 Å². The van der Waals surface area contributed by atoms with Crippen molar-refractivity contribution in [3.05, 3.63) is 101 Å². The summed E-state index contributed by atoms with van der Waals surface area (Å²) in [4.78, 5) is 29.1. The summed E-state index contributed by atoms with van der Waals surface area (Å²) < 4.78 is 27.4. The molecule has 202 valence electrons. The molecule has 9 heteroatoms. The fraction of sp³-hybridized carbons (Fsp3) is 0.310. The van der Waals surface area contributed by atoms with Gasteiger partial charge in [0.1, 0.15) is 12.6 Å². The Bertz CT molecular complexity index is 1320. The van der Waals surface area contributed by atoms with Crippen LogP contribution < -0.4 is 9.62 Å². The van der Waals surface area contributed by atoms with Gasteiger partial charge in [-0.1, -0.05) is 89.6 Å². The average Bonchev–Trinajstić information content (AvgIpc) is 2.89. The number of amides is 2. The molecule has 0 spiro atoms. The Labute approximate surface area is 234 Å². The number of benzene rings is 3. The topological polar surface area (TPSA) is 86.8 Å². The van der Waals surface area contributed by atoms with Crippen LogP contribution >= 0.6 is 15.9 Å². The molecule has 0 heterocycles. The molecule has 3 aromatic rings. The van der Waals surface area contributed by atoms with Crippen LogP contribution in [0.2, 0.25) is 0 Å². The summed E-state index contributed by atoms with van der Waals surface area (Å²) in [5.41, 5.74) is 2.09. The first kappa shape index (κ1) is 29.4. The minimum absolute atomic E-state index is 0.0800. The van der Waals surface area contributed by atoms with E-state index >= 15 is 0 Å². The Hall–Kier alpha value is -3.17. The van der Waals surface area contributed by atoms with E-state index in [0.29, 0.717) is 10.2 Å². The van der Waals surface area contributed by atoms with Gasteiger partial charge in [0.15, 0.2) is 0 Å². The summed E-state index contributed by atoms with van der Waals surface area (Å²) in [7, 11) is -3.80. The van der Waals surface area contributed by atoms with Gasteiger partial charge in [0.25, 0.3) is 0 Å². The molecule has 38 heavy (non-hydrogen) atoms. The summed E-state index contributed by atoms with van der Waals surface area (Å²) in [6.07, 6.45) is 2.10. The highest BCUT2D eigenvalue weighted by molar-refractivity contribution is 9.10. The third-order valence-corrected chi connectivity index (χ3v) is 7.88. The van der Waals surface area contributed by atoms with Gasteiger partial charge in [-0.2, -0.15) is 0 Å². The van der Waals surface area contributed by atoms with Crippen LogP contribution in [0.3, 0.4) is 0 Å². The van der Waals surface area contributed by atoms with Crippen molar-refractivity contribution in [1.29, 1.82) is 0 Å². The number of halogens is 1. The van der Waals surface area contributed by atoms with E-state index in [2.05, 4.69) is 21.2 Å². The number of anilines is 1. The minimum Gasteiger partial charge on any atom is -0.352 e. The molecule has 1 N–H and O–H groups in total. The highest BCUT2D eigenvalue weighted by atomic mass is 79.9. The second-order valence-corrected chi connectivity index (χ2v) is 12.1. The van der Waals surface area contributed by atoms with Crippen molar-refractivity contribution in [2.75, 3.05) is 17.1 Å². The van der Waals surface area contributed by atoms with E-state index < -0.39 is 28.5 Å². The Morgan fingerprint density at radius 1 is 0.921 bits per heavy atom. The molecule has 3 aromatic carbocycles. The zero-order valence-electron chi connectivity index (χ0n) is 21.9. The van der Waals surface area contributed by atoms with E-state index in [1.54, 1.807) is 24.3 Å². The number of hydrogen-bond acceptors (Lipinski definition) is 4. The summed E-state index contributed by atoms with van der Waals surface area (Å²) in [5.74, 6) is -0.750. The van der Waals surface area contributed by atoms with Crippen molar-refractivity contribution in [2.24, 2.45) is 0 Å². The standard InChI is InChI=1S/C29H34BrN3O4S/c1-4-22(2)31-29(35)27(18-23-12-7-5-8-13-23)32(20-24-14-9-6-10-15-24)28(34)21-33(38(3,36)37)26-17-11-16-25(30)19-26/h5-17,19,22,27H,4,18,20-21H2,1-3H3,(H,31,35)/t22-,27-/m1/s1. The number of nitrogens with zero attached hydrogens (tertiary/aromatic N) is 2. The van der Waals surface area contributed by atoms with Gasteiger partial charge >= 0.3 is 0 Å². The van der Waals surface area contributed by atoms with Gasteiger partial charge in [0, 0.05) is 23.5 Å². The lowest BCUT2D eigenvalue weighted by molar-refractivity contribution is -0.140. The van der Waals surface area contributed by atoms with Gasteiger partial charge in [-0.15, -0.1) is 0 Å². The number of sulfonamides is 1. The van der Waals surface area contributed by atoms with Crippen molar-refractivity contribution in [3.8, 4) is 0 Å². The summed E-state index contributed by atoms with van der Waals surface area (Å²) in [5, 5.41) is 3.02. The Morgan fingerprint density at radius 2 is 1.53 bits per heavy atom. The van der Waals surface area contributed by atoms with Gasteiger partial charge in [-0.3, -0.25) is 13.9 Å². The SMILES string of the molecule is CC[C@@H](C)NC(=O)[C@@H](Cc1ccccc1)N(Cc1ccccc1)C(=O)CN(c1cccc(Br)c1)S(C)(=O)=O. The van der Waals surface area contributed by atoms with Gasteiger partial charge in [0.2, 0.25) is 21.8 Å². The van der Waals surface area contributed by atoms with E-state index in [4.69, 9.17) is 0 Å². The first-order valence-electron chi connectivity index (χ1n) is 12.5. The third-order valence-electron chi connectivity index (χ3n) is 6.24. The van der Waals surface area contributed by atoms with Crippen LogP contribution in [0.5, 0.6) is 0 Å². The molecule has 0 aliphatic carbocycles. The van der Waals surface area contributed by atoms with E-state index in [0.717, 1.165) is 28.1 Å². The summed E-state index contributed by atoms with van der Waals surface area (Å²) >= 11 is 3.38. The largest absolute Gasteiger partial charge is 0.352 e. The van der Waals surface area contributed by atoms with Crippen LogP contribution in [0.25, 0.3) is 0 Å². The molecule has 0 aliphatic rings. The molecule has 0 fully saturated rings. The molecule has 2 atom stereocenters. The van der Waals surface area contributed by atoms with Crippen molar-refractivity contribution in [1.82, 2.24) is 10.2 Å². The van der Waals surface area contributed by atoms with Gasteiger partial charge in [-0.25, -0.2) is 8.42 Å². The summed E-state index contributed by atoms with van der Waals surface area (Å²) in [6.45, 7) is 3.61. The quantitative estimate of drug-likeness (QED) is 0.325. The smallest absolute Gasteiger partial charge is 0.244 e. The molecule has 7 nitrogen and oxygen atoms in total. The number of rotatable bonds is 12. The lowest BCUT2D eigenvalue weighted by atomic mass is 10.0. The molecular formula is C29H34BrN3O4S. The molecule has 2 amide bonds. The van der Waals surface area contributed by atoms with Crippen LogP contribution in [0.4, 0.5) is 5.69 Å². The average molecular weight is 601 g/mol. The second-order valence-electron chi connectivity index (χ2n) is 9.28. The highest BCUT2D eigenvalue weighted by Gasteiger charge is 2.33. The highest BCUT2D eigenvalue weighted by Crippen LogP contribution is 2.23. The fourth-order valence-electron chi connectivity index (χ4n) is 4.02. The summed E-state index contributed by atoms with van der Waals surface area (Å²) in [6, 6.07) is 24.7. The lowest BCUT2D eigenvalue weighted by Gasteiger charge is -2.34. The van der Waals surface area contributed by atoms with Gasteiger partial charge < -0.3 is 10.2 Å². The first-order chi connectivity index (χ1) is 18.1. The van der Waals surface area contributed by atoms with E-state index in [-0.39, 0.29) is 24.9 Å². The van der Waals surface area contributed by atoms with Crippen LogP contribution in [-0.2, 0) is 32.6 Å². The number of carbonyl (C=O) groups is 2. The first-order valence-corrected chi connectivity index (χ1v) is 15.1. The third kappa shape index (κ3) is 8.43. The molecule has 0 aromatic heterocycles. The molecule has 0 saturated heterocycles. The van der Waals surface area contributed by atoms with Crippen molar-refractivity contribution >= 4 is 43.5 Å². The van der Waals surface area contributed by atoms with Crippen LogP contribution in [0.15, 0.2) is 89.4 Å². The van der Waals surface area contributed by atoms with Crippen LogP contribution in [-0.4, -0.2) is 50.0 Å². The Balaban J connectivity index is 2.04. The van der Waals surface area contributed by atoms with Crippen LogP contribution in [0.1, 0.15) is 31.4 Å². The van der Waals surface area contributed by atoms with Crippen LogP contribution in [0, 0.1) is 0 Å². The van der Waals surface area contributed by atoms with E-state index in [1.807, 2.05) is 74.5 Å². The maximum Gasteiger partial charge on any atom is 0.244 e. The Morgan fingerprint density at radius 3 is 2.08 bits per heavy atom. The lowest BCUT2D eigenvalue weighted by Crippen LogP contribution is -2.54. The van der Waals surface area contributed by atoms with Crippen molar-refractivity contribution in [2.45, 2.75) is 45.3 Å². The molecule has 0 aliphatic heterocycles. The number of nitrogens with one attached hydrogen (secondary N) is 1. The van der Waals surface area contributed by atoms with E-state index in [9.17, 15) is 18.0 Å². The Kier molecular flexibility index (Phi) is 10.5. The molecular weight excluding hydrogens is 566 g/mol. The predicted molar refractivity (Wildman–Crippen MR) is 155 cm³/mol. The van der Waals surface area contributed by atoms with Crippen molar-refractivity contribution in [3.63, 3.8) is 0 Å². The zero-order valence-corrected chi connectivity index (χ0v) is 24.3. The van der Waals surface area contributed by atoms with E-state index in [1.165, 1.54) is 4.90 Å². The molecule has 0 unspecified atom stereocenters. The van der Waals surface area contributed by atoms with Gasteiger partial charge in [0.05, 0.1) is 11.9 Å². The minimum atomic E-state index is -3.80. The number of hydrogen-bond donors (Lipinski definition) is 1. The van der Waals surface area contributed by atoms with Gasteiger partial charge in [-0.05, 0) is 42.7 Å². The number of carbonyl (C=O) groups excluding carboxylic acids is 2. The maximum atomic E-state index is 14.0. The molecule has 3 rings (SSSR count). The molecule has 0 bridgehead atoms.